The third kappa shape index (κ3) is 3.82. The van der Waals surface area contributed by atoms with E-state index < -0.39 is 12.5 Å². The van der Waals surface area contributed by atoms with Gasteiger partial charge < -0.3 is 15.2 Å². The number of phenols is 1. The highest BCUT2D eigenvalue weighted by Crippen LogP contribution is 2.31. The van der Waals surface area contributed by atoms with Crippen LogP contribution in [0, 0.1) is 0 Å². The fourth-order valence-electron chi connectivity index (χ4n) is 1.60. The average Bonchev–Trinajstić information content (AvgIpc) is 2.44. The molecular weight excluding hydrogens is 304 g/mol. The minimum Gasteiger partial charge on any atom is -0.504 e. The van der Waals surface area contributed by atoms with E-state index in [0.717, 1.165) is 0 Å². The quantitative estimate of drug-likeness (QED) is 0.842. The van der Waals surface area contributed by atoms with Crippen LogP contribution in [0.1, 0.15) is 10.4 Å². The number of rotatable bonds is 4. The molecule has 0 aliphatic carbocycles. The summed E-state index contributed by atoms with van der Waals surface area (Å²) >= 11 is 5.72. The second kappa shape index (κ2) is 6.41. The Morgan fingerprint density at radius 3 is 2.48 bits per heavy atom. The number of ether oxygens (including phenoxy) is 1. The maximum Gasteiger partial charge on any atom is 0.387 e. The second-order valence-corrected chi connectivity index (χ2v) is 4.40. The number of hydrogen-bond acceptors (Lipinski definition) is 3. The van der Waals surface area contributed by atoms with Crippen molar-refractivity contribution in [1.82, 2.24) is 0 Å². The van der Waals surface area contributed by atoms with E-state index in [1.807, 2.05) is 0 Å². The molecule has 0 atom stereocenters. The zero-order chi connectivity index (χ0) is 15.4. The number of alkyl halides is 2. The number of para-hydroxylation sites is 1. The van der Waals surface area contributed by atoms with Crippen LogP contribution in [0.5, 0.6) is 11.5 Å². The van der Waals surface area contributed by atoms with Gasteiger partial charge in [0, 0.05) is 5.56 Å². The van der Waals surface area contributed by atoms with Crippen molar-refractivity contribution >= 4 is 23.2 Å². The lowest BCUT2D eigenvalue weighted by molar-refractivity contribution is -0.0498. The lowest BCUT2D eigenvalue weighted by atomic mass is 10.2. The molecule has 0 spiro atoms. The molecule has 1 amide bonds. The van der Waals surface area contributed by atoms with Crippen LogP contribution in [0.3, 0.4) is 0 Å². The predicted octanol–water partition coefficient (Wildman–Crippen LogP) is 3.90. The fourth-order valence-corrected chi connectivity index (χ4v) is 1.77. The Labute approximate surface area is 123 Å². The summed E-state index contributed by atoms with van der Waals surface area (Å²) in [4.78, 5) is 12.0. The highest BCUT2D eigenvalue weighted by molar-refractivity contribution is 6.32. The molecule has 2 N–H and O–H groups in total. The van der Waals surface area contributed by atoms with E-state index in [-0.39, 0.29) is 27.8 Å². The van der Waals surface area contributed by atoms with Gasteiger partial charge in [-0.3, -0.25) is 4.79 Å². The van der Waals surface area contributed by atoms with Crippen molar-refractivity contribution in [1.29, 1.82) is 0 Å². The Kier molecular flexibility index (Phi) is 4.59. The summed E-state index contributed by atoms with van der Waals surface area (Å²) in [5.74, 6) is -0.812. The number of anilines is 1. The number of phenolic OH excluding ortho intramolecular Hbond substituents is 1. The number of benzene rings is 2. The first-order valence-electron chi connectivity index (χ1n) is 5.81. The van der Waals surface area contributed by atoms with Crippen LogP contribution in [-0.4, -0.2) is 17.6 Å². The molecule has 0 unspecified atom stereocenters. The maximum atomic E-state index is 12.0. The van der Waals surface area contributed by atoms with Crippen LogP contribution in [0.2, 0.25) is 5.02 Å². The summed E-state index contributed by atoms with van der Waals surface area (Å²) in [5.41, 5.74) is 0.372. The number of halogens is 3. The van der Waals surface area contributed by atoms with Crippen molar-refractivity contribution in [3.63, 3.8) is 0 Å². The molecule has 0 fully saturated rings. The number of carbonyl (C=O) groups excluding carboxylic acids is 1. The van der Waals surface area contributed by atoms with Gasteiger partial charge in [0.05, 0.1) is 10.7 Å². The number of aromatic hydroxyl groups is 1. The minimum absolute atomic E-state index is 0.0489. The van der Waals surface area contributed by atoms with Gasteiger partial charge in [0.15, 0.2) is 5.75 Å². The van der Waals surface area contributed by atoms with Crippen LogP contribution in [-0.2, 0) is 0 Å². The summed E-state index contributed by atoms with van der Waals surface area (Å²) in [6.45, 7) is -2.92. The van der Waals surface area contributed by atoms with Gasteiger partial charge in [0.1, 0.15) is 5.75 Å². The van der Waals surface area contributed by atoms with Gasteiger partial charge >= 0.3 is 6.61 Å². The molecule has 0 aliphatic rings. The van der Waals surface area contributed by atoms with Crippen molar-refractivity contribution in [3.05, 3.63) is 53.1 Å². The number of hydrogen-bond donors (Lipinski definition) is 2. The van der Waals surface area contributed by atoms with Crippen LogP contribution >= 0.6 is 11.6 Å². The lowest BCUT2D eigenvalue weighted by Gasteiger charge is -2.09. The molecular formula is C14H10ClF2NO3. The molecule has 0 aromatic heterocycles. The Bertz CT molecular complexity index is 647. The molecule has 2 rings (SSSR count). The summed E-state index contributed by atoms with van der Waals surface area (Å²) in [6, 6.07) is 9.68. The van der Waals surface area contributed by atoms with E-state index in [1.54, 1.807) is 6.07 Å². The van der Waals surface area contributed by atoms with Gasteiger partial charge in [-0.25, -0.2) is 0 Å². The zero-order valence-electron chi connectivity index (χ0n) is 10.5. The summed E-state index contributed by atoms with van der Waals surface area (Å²) in [5, 5.41) is 12.3. The Hall–Kier alpha value is -2.34. The number of carbonyl (C=O) groups is 1. The average molecular weight is 314 g/mol. The summed E-state index contributed by atoms with van der Waals surface area (Å²) in [6.07, 6.45) is 0. The van der Waals surface area contributed by atoms with Gasteiger partial charge in [-0.1, -0.05) is 17.7 Å². The normalized spacial score (nSPS) is 10.5. The first-order chi connectivity index (χ1) is 9.97. The molecule has 21 heavy (non-hydrogen) atoms. The first kappa shape index (κ1) is 15.1. The molecule has 0 aliphatic heterocycles. The zero-order valence-corrected chi connectivity index (χ0v) is 11.3. The number of amides is 1. The van der Waals surface area contributed by atoms with E-state index in [0.29, 0.717) is 0 Å². The smallest absolute Gasteiger partial charge is 0.387 e. The third-order valence-corrected chi connectivity index (χ3v) is 2.88. The molecule has 2 aromatic rings. The molecule has 0 bridgehead atoms. The van der Waals surface area contributed by atoms with E-state index in [2.05, 4.69) is 10.1 Å². The van der Waals surface area contributed by atoms with Gasteiger partial charge in [-0.2, -0.15) is 8.78 Å². The third-order valence-electron chi connectivity index (χ3n) is 2.58. The molecule has 0 radical (unpaired) electrons. The fraction of sp³-hybridized carbons (Fsp3) is 0.0714. The van der Waals surface area contributed by atoms with E-state index in [9.17, 15) is 18.7 Å². The highest BCUT2D eigenvalue weighted by Gasteiger charge is 2.11. The van der Waals surface area contributed by atoms with Crippen molar-refractivity contribution in [2.45, 2.75) is 6.61 Å². The monoisotopic (exact) mass is 313 g/mol. The number of nitrogens with one attached hydrogen (secondary N) is 1. The van der Waals surface area contributed by atoms with Crippen molar-refractivity contribution in [3.8, 4) is 11.5 Å². The van der Waals surface area contributed by atoms with Gasteiger partial charge in [-0.05, 0) is 36.4 Å². The van der Waals surface area contributed by atoms with Crippen molar-refractivity contribution < 1.29 is 23.4 Å². The largest absolute Gasteiger partial charge is 0.504 e. The Morgan fingerprint density at radius 1 is 1.19 bits per heavy atom. The maximum absolute atomic E-state index is 12.0. The summed E-state index contributed by atoms with van der Waals surface area (Å²) in [7, 11) is 0. The Morgan fingerprint density at radius 2 is 1.86 bits per heavy atom. The predicted molar refractivity (Wildman–Crippen MR) is 74.1 cm³/mol. The first-order valence-corrected chi connectivity index (χ1v) is 6.19. The minimum atomic E-state index is -2.92. The van der Waals surface area contributed by atoms with Crippen LogP contribution in [0.25, 0.3) is 0 Å². The molecule has 0 saturated heterocycles. The van der Waals surface area contributed by atoms with Crippen LogP contribution < -0.4 is 10.1 Å². The topological polar surface area (TPSA) is 58.6 Å². The molecule has 0 saturated carbocycles. The van der Waals surface area contributed by atoms with Crippen LogP contribution in [0.15, 0.2) is 42.5 Å². The van der Waals surface area contributed by atoms with Crippen molar-refractivity contribution in [2.75, 3.05) is 5.32 Å². The van der Waals surface area contributed by atoms with Gasteiger partial charge in [-0.15, -0.1) is 0 Å². The van der Waals surface area contributed by atoms with Gasteiger partial charge in [0.2, 0.25) is 0 Å². The molecule has 0 heterocycles. The lowest BCUT2D eigenvalue weighted by Crippen LogP contribution is -2.12. The van der Waals surface area contributed by atoms with E-state index in [4.69, 9.17) is 11.6 Å². The van der Waals surface area contributed by atoms with Crippen LogP contribution in [0.4, 0.5) is 14.5 Å². The SMILES string of the molecule is O=C(Nc1cccc(Cl)c1O)c1ccc(OC(F)F)cc1. The van der Waals surface area contributed by atoms with Gasteiger partial charge in [0.25, 0.3) is 5.91 Å². The molecule has 2 aromatic carbocycles. The molecule has 7 heteroatoms. The standard InChI is InChI=1S/C14H10ClF2NO3/c15-10-2-1-3-11(12(10)19)18-13(20)8-4-6-9(7-5-8)21-14(16)17/h1-7,14,19H,(H,18,20). The molecule has 110 valence electrons. The highest BCUT2D eigenvalue weighted by atomic mass is 35.5. The van der Waals surface area contributed by atoms with E-state index in [1.165, 1.54) is 36.4 Å². The Balaban J connectivity index is 2.11. The summed E-state index contributed by atoms with van der Waals surface area (Å²) < 4.78 is 28.2. The second-order valence-electron chi connectivity index (χ2n) is 3.99. The molecule has 4 nitrogen and oxygen atoms in total. The van der Waals surface area contributed by atoms with Crippen molar-refractivity contribution in [2.24, 2.45) is 0 Å². The van der Waals surface area contributed by atoms with E-state index >= 15 is 0 Å².